The van der Waals surface area contributed by atoms with Crippen molar-refractivity contribution in [3.8, 4) is 5.75 Å². The van der Waals surface area contributed by atoms with Crippen LogP contribution in [0, 0.1) is 0 Å². The molecule has 0 bridgehead atoms. The molecule has 7 nitrogen and oxygen atoms in total. The summed E-state index contributed by atoms with van der Waals surface area (Å²) in [5, 5.41) is 3.81. The fourth-order valence-corrected chi connectivity index (χ4v) is 2.33. The highest BCUT2D eigenvalue weighted by Gasteiger charge is 2.23. The summed E-state index contributed by atoms with van der Waals surface area (Å²) in [6.07, 6.45) is -1.12. The van der Waals surface area contributed by atoms with Gasteiger partial charge in [0, 0.05) is 0 Å². The van der Waals surface area contributed by atoms with Gasteiger partial charge in [-0.1, -0.05) is 24.3 Å². The molecule has 0 radical (unpaired) electrons. The number of urea groups is 1. The highest BCUT2D eigenvalue weighted by Crippen LogP contribution is 2.26. The third-order valence-corrected chi connectivity index (χ3v) is 3.83. The van der Waals surface area contributed by atoms with Gasteiger partial charge in [0.15, 0.2) is 6.10 Å². The minimum absolute atomic E-state index is 0.569. The van der Waals surface area contributed by atoms with Gasteiger partial charge in [0.05, 0.1) is 13.0 Å². The Morgan fingerprint density at radius 3 is 2.32 bits per heavy atom. The van der Waals surface area contributed by atoms with Gasteiger partial charge in [0.1, 0.15) is 5.75 Å². The number of imide groups is 1. The van der Waals surface area contributed by atoms with Crippen molar-refractivity contribution >= 4 is 28.7 Å². The van der Waals surface area contributed by atoms with E-state index in [2.05, 4.69) is 0 Å². The third kappa shape index (κ3) is 4.47. The quantitative estimate of drug-likeness (QED) is 0.807. The predicted octanol–water partition coefficient (Wildman–Crippen LogP) is 2.08. The van der Waals surface area contributed by atoms with Crippen LogP contribution < -0.4 is 15.8 Å². The van der Waals surface area contributed by atoms with Crippen LogP contribution in [0.15, 0.2) is 36.4 Å². The molecular weight excluding hydrogens is 324 g/mol. The largest absolute Gasteiger partial charge is 0.497 e. The molecule has 3 N–H and O–H groups in total. The first kappa shape index (κ1) is 18.3. The fourth-order valence-electron chi connectivity index (χ4n) is 2.33. The number of amides is 3. The molecule has 3 amide bonds. The first-order valence-corrected chi connectivity index (χ1v) is 7.70. The normalized spacial score (nSPS) is 12.9. The van der Waals surface area contributed by atoms with Crippen LogP contribution in [0.4, 0.5) is 4.79 Å². The summed E-state index contributed by atoms with van der Waals surface area (Å²) >= 11 is 0. The van der Waals surface area contributed by atoms with Gasteiger partial charge in [0.2, 0.25) is 0 Å². The lowest BCUT2D eigenvalue weighted by Crippen LogP contribution is -2.42. The van der Waals surface area contributed by atoms with Crippen molar-refractivity contribution in [2.45, 2.75) is 25.9 Å². The van der Waals surface area contributed by atoms with Gasteiger partial charge in [-0.15, -0.1) is 0 Å². The molecule has 2 rings (SSSR count). The second-order valence-corrected chi connectivity index (χ2v) is 5.63. The molecule has 2 aromatic carbocycles. The second-order valence-electron chi connectivity index (χ2n) is 5.63. The zero-order valence-corrected chi connectivity index (χ0v) is 14.2. The second kappa shape index (κ2) is 7.65. The Labute approximate surface area is 145 Å². The number of ether oxygens (including phenoxy) is 2. The van der Waals surface area contributed by atoms with Crippen LogP contribution in [0.2, 0.25) is 0 Å². The number of carbonyl (C=O) groups excluding carboxylic acids is 3. The monoisotopic (exact) mass is 344 g/mol. The van der Waals surface area contributed by atoms with Crippen molar-refractivity contribution in [2.75, 3.05) is 7.11 Å². The van der Waals surface area contributed by atoms with Crippen LogP contribution in [-0.2, 0) is 14.3 Å². The van der Waals surface area contributed by atoms with Crippen molar-refractivity contribution in [2.24, 2.45) is 5.73 Å². The summed E-state index contributed by atoms with van der Waals surface area (Å²) in [4.78, 5) is 34.5. The zero-order chi connectivity index (χ0) is 18.6. The zero-order valence-electron chi connectivity index (χ0n) is 14.2. The Morgan fingerprint density at radius 2 is 1.68 bits per heavy atom. The maximum atomic E-state index is 12.2. The molecule has 2 aromatic rings. The Bertz CT molecular complexity index is 818. The summed E-state index contributed by atoms with van der Waals surface area (Å²) in [5.41, 5.74) is 5.62. The third-order valence-electron chi connectivity index (χ3n) is 3.83. The van der Waals surface area contributed by atoms with Gasteiger partial charge in [-0.2, -0.15) is 0 Å². The fraction of sp³-hybridized carbons (Fsp3) is 0.278. The van der Waals surface area contributed by atoms with E-state index in [1.165, 1.54) is 6.92 Å². The molecule has 0 spiro atoms. The van der Waals surface area contributed by atoms with Crippen molar-refractivity contribution in [3.05, 3.63) is 42.0 Å². The molecule has 0 aromatic heterocycles. The molecular formula is C18H20N2O5. The highest BCUT2D eigenvalue weighted by molar-refractivity contribution is 5.96. The SMILES string of the molecule is COc1ccc2cc([C@H](C)C(=O)O[C@H](C)C(=O)NC(N)=O)ccc2c1. The maximum absolute atomic E-state index is 12.2. The van der Waals surface area contributed by atoms with Gasteiger partial charge < -0.3 is 15.2 Å². The average Bonchev–Trinajstić information content (AvgIpc) is 2.59. The number of nitrogens with one attached hydrogen (secondary N) is 1. The first-order chi connectivity index (χ1) is 11.8. The summed E-state index contributed by atoms with van der Waals surface area (Å²) in [7, 11) is 1.60. The minimum atomic E-state index is -1.12. The number of hydrogen-bond donors (Lipinski definition) is 2. The van der Waals surface area contributed by atoms with Crippen LogP contribution >= 0.6 is 0 Å². The number of fused-ring (bicyclic) bond motifs is 1. The summed E-state index contributed by atoms with van der Waals surface area (Å²) in [5.74, 6) is -1.16. The molecule has 2 atom stereocenters. The van der Waals surface area contributed by atoms with Gasteiger partial charge in [0.25, 0.3) is 5.91 Å². The lowest BCUT2D eigenvalue weighted by atomic mass is 9.98. The molecule has 0 heterocycles. The minimum Gasteiger partial charge on any atom is -0.497 e. The molecule has 0 fully saturated rings. The van der Waals surface area contributed by atoms with Gasteiger partial charge in [-0.05, 0) is 42.3 Å². The van der Waals surface area contributed by atoms with Gasteiger partial charge >= 0.3 is 12.0 Å². The van der Waals surface area contributed by atoms with Crippen LogP contribution in [0.5, 0.6) is 5.75 Å². The van der Waals surface area contributed by atoms with Crippen molar-refractivity contribution in [1.82, 2.24) is 5.32 Å². The van der Waals surface area contributed by atoms with Gasteiger partial charge in [-0.3, -0.25) is 14.9 Å². The molecule has 0 aliphatic carbocycles. The summed E-state index contributed by atoms with van der Waals surface area (Å²) in [6, 6.07) is 10.2. The summed E-state index contributed by atoms with van der Waals surface area (Å²) in [6.45, 7) is 3.06. The highest BCUT2D eigenvalue weighted by atomic mass is 16.5. The number of rotatable bonds is 5. The first-order valence-electron chi connectivity index (χ1n) is 7.70. The van der Waals surface area contributed by atoms with Crippen molar-refractivity contribution in [1.29, 1.82) is 0 Å². The van der Waals surface area contributed by atoms with E-state index in [0.29, 0.717) is 0 Å². The summed E-state index contributed by atoms with van der Waals surface area (Å²) < 4.78 is 10.3. The number of hydrogen-bond acceptors (Lipinski definition) is 5. The number of esters is 1. The van der Waals surface area contributed by atoms with E-state index < -0.39 is 29.9 Å². The van der Waals surface area contributed by atoms with Crippen LogP contribution in [0.3, 0.4) is 0 Å². The molecule has 0 aliphatic rings. The van der Waals surface area contributed by atoms with Crippen LogP contribution in [0.1, 0.15) is 25.3 Å². The standard InChI is InChI=1S/C18H20N2O5/c1-10(17(22)25-11(2)16(21)20-18(19)23)12-4-5-14-9-15(24-3)7-6-13(14)8-12/h4-11H,1-3H3,(H3,19,20,21,23)/t10-,11+/m0/s1. The van der Waals surface area contributed by atoms with Crippen LogP contribution in [0.25, 0.3) is 10.8 Å². The molecule has 0 saturated carbocycles. The number of methoxy groups -OCH3 is 1. The van der Waals surface area contributed by atoms with E-state index in [1.807, 2.05) is 41.7 Å². The van der Waals surface area contributed by atoms with E-state index in [-0.39, 0.29) is 0 Å². The van der Waals surface area contributed by atoms with Gasteiger partial charge in [-0.25, -0.2) is 4.79 Å². The van der Waals surface area contributed by atoms with E-state index in [0.717, 1.165) is 22.1 Å². The number of benzene rings is 2. The molecule has 132 valence electrons. The molecule has 0 saturated heterocycles. The van der Waals surface area contributed by atoms with Crippen molar-refractivity contribution in [3.63, 3.8) is 0 Å². The maximum Gasteiger partial charge on any atom is 0.318 e. The van der Waals surface area contributed by atoms with Crippen molar-refractivity contribution < 1.29 is 23.9 Å². The number of carbonyl (C=O) groups is 3. The van der Waals surface area contributed by atoms with E-state index in [4.69, 9.17) is 15.2 Å². The lowest BCUT2D eigenvalue weighted by molar-refractivity contribution is -0.155. The topological polar surface area (TPSA) is 108 Å². The molecule has 25 heavy (non-hydrogen) atoms. The molecule has 0 unspecified atom stereocenters. The van der Waals surface area contributed by atoms with E-state index >= 15 is 0 Å². The molecule has 0 aliphatic heterocycles. The number of nitrogens with two attached hydrogens (primary N) is 1. The Kier molecular flexibility index (Phi) is 5.59. The Morgan fingerprint density at radius 1 is 1.04 bits per heavy atom. The lowest BCUT2D eigenvalue weighted by Gasteiger charge is -2.16. The predicted molar refractivity (Wildman–Crippen MR) is 92.2 cm³/mol. The average molecular weight is 344 g/mol. The Balaban J connectivity index is 2.12. The van der Waals surface area contributed by atoms with E-state index in [9.17, 15) is 14.4 Å². The van der Waals surface area contributed by atoms with Crippen LogP contribution in [-0.4, -0.2) is 31.1 Å². The smallest absolute Gasteiger partial charge is 0.318 e. The number of primary amides is 1. The van der Waals surface area contributed by atoms with E-state index in [1.54, 1.807) is 14.0 Å². The molecule has 7 heteroatoms. The Hall–Kier alpha value is -3.09.